The largest absolute Gasteiger partial charge is 0.490 e. The molecule has 0 amide bonds. The molecular weight excluding hydrogens is 468 g/mol. The molecule has 0 spiro atoms. The van der Waals surface area contributed by atoms with Crippen molar-refractivity contribution in [3.05, 3.63) is 46.7 Å². The molecular formula is C28H34N6O3. The Balaban J connectivity index is 1.71. The number of fused-ring (bicyclic) bond motifs is 1. The van der Waals surface area contributed by atoms with Crippen LogP contribution in [0, 0.1) is 45.3 Å². The van der Waals surface area contributed by atoms with Crippen LogP contribution in [0.15, 0.2) is 41.1 Å². The topological polar surface area (TPSA) is 132 Å². The highest BCUT2D eigenvalue weighted by Crippen LogP contribution is 2.54. The SMILES string of the molecule is CCOc1cc([C@@H]2[C@H]3CN(CC)CC=C3C(C#N)=C(N)C2(C#N)C#N)ccc1OCCN1CCOCC1. The minimum absolute atomic E-state index is 0.0289. The third-order valence-electron chi connectivity index (χ3n) is 7.58. The molecule has 2 aliphatic heterocycles. The second-order valence-corrected chi connectivity index (χ2v) is 9.47. The van der Waals surface area contributed by atoms with Gasteiger partial charge < -0.3 is 19.9 Å². The van der Waals surface area contributed by atoms with E-state index in [1.54, 1.807) is 0 Å². The van der Waals surface area contributed by atoms with E-state index in [0.29, 0.717) is 37.8 Å². The van der Waals surface area contributed by atoms with Gasteiger partial charge in [-0.1, -0.05) is 19.1 Å². The van der Waals surface area contributed by atoms with E-state index in [-0.39, 0.29) is 17.2 Å². The van der Waals surface area contributed by atoms with E-state index in [0.717, 1.165) is 50.5 Å². The average molecular weight is 503 g/mol. The monoisotopic (exact) mass is 502 g/mol. The van der Waals surface area contributed by atoms with Gasteiger partial charge in [-0.3, -0.25) is 9.80 Å². The fraction of sp³-hybridized carbons (Fsp3) is 0.536. The van der Waals surface area contributed by atoms with E-state index < -0.39 is 11.3 Å². The fourth-order valence-electron chi connectivity index (χ4n) is 5.59. The lowest BCUT2D eigenvalue weighted by molar-refractivity contribution is 0.0321. The lowest BCUT2D eigenvalue weighted by Gasteiger charge is -2.45. The second-order valence-electron chi connectivity index (χ2n) is 9.47. The Morgan fingerprint density at radius 1 is 1.08 bits per heavy atom. The third-order valence-corrected chi connectivity index (χ3v) is 7.58. The third kappa shape index (κ3) is 5.02. The molecule has 1 aromatic carbocycles. The zero-order valence-corrected chi connectivity index (χ0v) is 21.6. The van der Waals surface area contributed by atoms with Crippen LogP contribution in [-0.2, 0) is 4.74 Å². The fourth-order valence-corrected chi connectivity index (χ4v) is 5.59. The van der Waals surface area contributed by atoms with Crippen molar-refractivity contribution in [2.24, 2.45) is 17.1 Å². The summed E-state index contributed by atoms with van der Waals surface area (Å²) in [5, 5.41) is 30.6. The first-order chi connectivity index (χ1) is 18.0. The van der Waals surface area contributed by atoms with Gasteiger partial charge >= 0.3 is 0 Å². The number of nitrogens with two attached hydrogens (primary N) is 1. The maximum absolute atomic E-state index is 10.3. The molecule has 0 unspecified atom stereocenters. The highest BCUT2D eigenvalue weighted by molar-refractivity contribution is 5.60. The Morgan fingerprint density at radius 3 is 2.49 bits per heavy atom. The van der Waals surface area contributed by atoms with Crippen molar-refractivity contribution in [1.29, 1.82) is 15.8 Å². The zero-order chi connectivity index (χ0) is 26.4. The van der Waals surface area contributed by atoms with Crippen LogP contribution >= 0.6 is 0 Å². The molecule has 1 fully saturated rings. The molecule has 9 nitrogen and oxygen atoms in total. The molecule has 1 saturated heterocycles. The van der Waals surface area contributed by atoms with Crippen molar-refractivity contribution < 1.29 is 14.2 Å². The van der Waals surface area contributed by atoms with Crippen molar-refractivity contribution in [3.8, 4) is 29.7 Å². The highest BCUT2D eigenvalue weighted by Gasteiger charge is 2.54. The Bertz CT molecular complexity index is 1170. The molecule has 37 heavy (non-hydrogen) atoms. The Labute approximate surface area is 218 Å². The molecule has 0 bridgehead atoms. The van der Waals surface area contributed by atoms with Gasteiger partial charge in [0.15, 0.2) is 16.9 Å². The van der Waals surface area contributed by atoms with Gasteiger partial charge in [-0.05, 0) is 36.7 Å². The van der Waals surface area contributed by atoms with E-state index in [1.807, 2.05) is 31.2 Å². The normalized spacial score (nSPS) is 23.7. The van der Waals surface area contributed by atoms with Crippen LogP contribution in [-0.4, -0.2) is 75.5 Å². The molecule has 0 saturated carbocycles. The van der Waals surface area contributed by atoms with Crippen molar-refractivity contribution in [1.82, 2.24) is 9.80 Å². The van der Waals surface area contributed by atoms with Gasteiger partial charge in [0.25, 0.3) is 0 Å². The van der Waals surface area contributed by atoms with Crippen LogP contribution in [0.25, 0.3) is 0 Å². The van der Waals surface area contributed by atoms with Gasteiger partial charge in [0.1, 0.15) is 12.7 Å². The molecule has 3 aliphatic rings. The zero-order valence-electron chi connectivity index (χ0n) is 21.6. The van der Waals surface area contributed by atoms with Gasteiger partial charge in [0, 0.05) is 44.6 Å². The number of nitrogens with zero attached hydrogens (tertiary/aromatic N) is 5. The lowest BCUT2D eigenvalue weighted by Crippen LogP contribution is -2.48. The summed E-state index contributed by atoms with van der Waals surface area (Å²) >= 11 is 0. The molecule has 2 heterocycles. The summed E-state index contributed by atoms with van der Waals surface area (Å²) in [5.74, 6) is 0.374. The molecule has 9 heteroatoms. The molecule has 4 rings (SSSR count). The van der Waals surface area contributed by atoms with Crippen molar-refractivity contribution in [2.45, 2.75) is 19.8 Å². The number of nitriles is 3. The standard InChI is InChI=1S/C28H34N6O3/c1-3-33-8-7-21-22(16-29)27(32)28(18-30,19-31)26(23(21)17-33)20-5-6-24(25(15-20)36-4-2)37-14-11-34-9-12-35-13-10-34/h5-7,15,23,26H,3-4,8-14,17,32H2,1-2H3/t23-,26+/m0/s1. The van der Waals surface area contributed by atoms with Crippen LogP contribution in [0.3, 0.4) is 0 Å². The van der Waals surface area contributed by atoms with Crippen LogP contribution in [0.5, 0.6) is 11.5 Å². The highest BCUT2D eigenvalue weighted by atomic mass is 16.5. The summed E-state index contributed by atoms with van der Waals surface area (Å²) in [4.78, 5) is 4.54. The van der Waals surface area contributed by atoms with Crippen LogP contribution in [0.1, 0.15) is 25.3 Å². The molecule has 194 valence electrons. The van der Waals surface area contributed by atoms with Crippen LogP contribution in [0.4, 0.5) is 0 Å². The summed E-state index contributed by atoms with van der Waals surface area (Å²) in [6.45, 7) is 11.1. The minimum Gasteiger partial charge on any atom is -0.490 e. The minimum atomic E-state index is -1.67. The van der Waals surface area contributed by atoms with Gasteiger partial charge in [0.05, 0.1) is 43.2 Å². The summed E-state index contributed by atoms with van der Waals surface area (Å²) in [5.41, 5.74) is 6.64. The Kier molecular flexibility index (Phi) is 8.36. The smallest absolute Gasteiger partial charge is 0.191 e. The number of hydrogen-bond donors (Lipinski definition) is 1. The van der Waals surface area contributed by atoms with Crippen LogP contribution < -0.4 is 15.2 Å². The Morgan fingerprint density at radius 2 is 1.84 bits per heavy atom. The molecule has 0 radical (unpaired) electrons. The summed E-state index contributed by atoms with van der Waals surface area (Å²) in [6.07, 6.45) is 2.02. The first kappa shape index (κ1) is 26.5. The number of hydrogen-bond acceptors (Lipinski definition) is 9. The lowest BCUT2D eigenvalue weighted by atomic mass is 9.58. The molecule has 1 aliphatic carbocycles. The van der Waals surface area contributed by atoms with Gasteiger partial charge in [0.2, 0.25) is 0 Å². The second kappa shape index (κ2) is 11.7. The van der Waals surface area contributed by atoms with E-state index in [4.69, 9.17) is 19.9 Å². The van der Waals surface area contributed by atoms with E-state index in [9.17, 15) is 15.8 Å². The predicted octanol–water partition coefficient (Wildman–Crippen LogP) is 2.54. The first-order valence-corrected chi connectivity index (χ1v) is 12.9. The molecule has 2 N–H and O–H groups in total. The summed E-state index contributed by atoms with van der Waals surface area (Å²) in [7, 11) is 0. The Hall–Kier alpha value is -3.55. The molecule has 0 aromatic heterocycles. The number of ether oxygens (including phenoxy) is 3. The van der Waals surface area contributed by atoms with Gasteiger partial charge in [-0.25, -0.2) is 0 Å². The average Bonchev–Trinajstić information content (AvgIpc) is 2.94. The van der Waals surface area contributed by atoms with Crippen molar-refractivity contribution >= 4 is 0 Å². The number of allylic oxidation sites excluding steroid dienone is 2. The van der Waals surface area contributed by atoms with E-state index in [1.165, 1.54) is 0 Å². The number of morpholine rings is 1. The van der Waals surface area contributed by atoms with Gasteiger partial charge in [-0.15, -0.1) is 0 Å². The summed E-state index contributed by atoms with van der Waals surface area (Å²) in [6, 6.07) is 12.2. The quantitative estimate of drug-likeness (QED) is 0.569. The van der Waals surface area contributed by atoms with Gasteiger partial charge in [-0.2, -0.15) is 15.8 Å². The number of likely N-dealkylation sites (N-methyl/N-ethyl adjacent to an activating group) is 1. The molecule has 2 atom stereocenters. The first-order valence-electron chi connectivity index (χ1n) is 12.9. The number of benzene rings is 1. The predicted molar refractivity (Wildman–Crippen MR) is 137 cm³/mol. The van der Waals surface area contributed by atoms with Crippen LogP contribution in [0.2, 0.25) is 0 Å². The molecule has 1 aromatic rings. The van der Waals surface area contributed by atoms with E-state index >= 15 is 0 Å². The van der Waals surface area contributed by atoms with Crippen molar-refractivity contribution in [3.63, 3.8) is 0 Å². The maximum atomic E-state index is 10.3. The summed E-state index contributed by atoms with van der Waals surface area (Å²) < 4.78 is 17.5. The van der Waals surface area contributed by atoms with Crippen molar-refractivity contribution in [2.75, 3.05) is 65.7 Å². The van der Waals surface area contributed by atoms with E-state index in [2.05, 4.69) is 34.9 Å². The number of rotatable bonds is 8. The maximum Gasteiger partial charge on any atom is 0.191 e.